The van der Waals surface area contributed by atoms with Crippen LogP contribution in [0.4, 0.5) is 15.0 Å². The van der Waals surface area contributed by atoms with Crippen molar-refractivity contribution in [3.63, 3.8) is 0 Å². The molecular formula is C19H30FN3O6. The molecule has 0 unspecified atom stereocenters. The summed E-state index contributed by atoms with van der Waals surface area (Å²) in [6, 6.07) is 0. The van der Waals surface area contributed by atoms with E-state index in [4.69, 9.17) is 10.8 Å². The fourth-order valence-electron chi connectivity index (χ4n) is 3.16. The number of nitrogens with zero attached hydrogens (tertiary/aromatic N) is 3. The molecule has 1 saturated heterocycles. The number of anilines is 1. The fraction of sp³-hybridized carbons (Fsp3) is 0.737. The zero-order chi connectivity index (χ0) is 22.9. The predicted molar refractivity (Wildman–Crippen MR) is 103 cm³/mol. The van der Waals surface area contributed by atoms with Gasteiger partial charge in [0.2, 0.25) is 0 Å². The van der Waals surface area contributed by atoms with Crippen molar-refractivity contribution in [1.29, 1.82) is 0 Å². The highest BCUT2D eigenvalue weighted by Crippen LogP contribution is 2.45. The first kappa shape index (κ1) is 21.7. The van der Waals surface area contributed by atoms with Gasteiger partial charge in [-0.05, 0) is 26.7 Å². The van der Waals surface area contributed by atoms with Gasteiger partial charge in [0.15, 0.2) is 17.9 Å². The van der Waals surface area contributed by atoms with Crippen molar-refractivity contribution in [3.05, 3.63) is 22.5 Å². The molecule has 4 atom stereocenters. The maximum atomic E-state index is 14.9. The molecule has 1 aromatic rings. The van der Waals surface area contributed by atoms with Gasteiger partial charge < -0.3 is 19.7 Å². The Morgan fingerprint density at radius 1 is 1.48 bits per heavy atom. The summed E-state index contributed by atoms with van der Waals surface area (Å²) in [7, 11) is 1.18. The lowest BCUT2D eigenvalue weighted by molar-refractivity contribution is -0.130. The second-order valence-corrected chi connectivity index (χ2v) is 7.58. The number of aliphatic hydroxyl groups is 2. The highest BCUT2D eigenvalue weighted by atomic mass is 19.1. The van der Waals surface area contributed by atoms with E-state index < -0.39 is 53.1 Å². The van der Waals surface area contributed by atoms with E-state index in [1.54, 1.807) is 13.8 Å². The molecule has 1 aliphatic rings. The number of hydrogen-bond donors (Lipinski definition) is 2. The number of carbonyl (C=O) groups is 1. The van der Waals surface area contributed by atoms with Gasteiger partial charge in [-0.3, -0.25) is 9.47 Å². The van der Waals surface area contributed by atoms with Crippen LogP contribution in [0.3, 0.4) is 0 Å². The Hall–Kier alpha value is -2.04. The molecule has 1 amide bonds. The van der Waals surface area contributed by atoms with Gasteiger partial charge in [0.05, 0.1) is 19.8 Å². The monoisotopic (exact) mass is 416 g/mol. The lowest BCUT2D eigenvalue weighted by Gasteiger charge is -2.35. The molecule has 2 rings (SSSR count). The highest BCUT2D eigenvalue weighted by Gasteiger charge is 2.59. The lowest BCUT2D eigenvalue weighted by atomic mass is 9.82. The molecule has 1 aliphatic heterocycles. The first-order valence-corrected chi connectivity index (χ1v) is 9.70. The lowest BCUT2D eigenvalue weighted by Crippen LogP contribution is -2.52. The average Bonchev–Trinajstić information content (AvgIpc) is 2.88. The van der Waals surface area contributed by atoms with Crippen molar-refractivity contribution in [2.24, 2.45) is 0 Å². The highest BCUT2D eigenvalue weighted by molar-refractivity contribution is 5.85. The van der Waals surface area contributed by atoms with Gasteiger partial charge >= 0.3 is 11.8 Å². The third-order valence-electron chi connectivity index (χ3n) is 5.61. The van der Waals surface area contributed by atoms with Gasteiger partial charge in [-0.25, -0.2) is 14.0 Å². The summed E-state index contributed by atoms with van der Waals surface area (Å²) in [4.78, 5) is 29.0. The van der Waals surface area contributed by atoms with Gasteiger partial charge in [0.25, 0.3) is 0 Å². The molecule has 0 radical (unpaired) electrons. The van der Waals surface area contributed by atoms with Crippen LogP contribution in [0.25, 0.3) is 0 Å². The molecule has 2 N–H and O–H groups in total. The molecule has 0 spiro atoms. The zero-order valence-electron chi connectivity index (χ0n) is 18.4. The minimum atomic E-state index is -1.76. The Morgan fingerprint density at radius 2 is 2.14 bits per heavy atom. The van der Waals surface area contributed by atoms with Crippen molar-refractivity contribution < 1.29 is 30.2 Å². The molecule has 9 nitrogen and oxygen atoms in total. The number of carbonyl (C=O) groups excluding carboxylic acids is 1. The van der Waals surface area contributed by atoms with Crippen molar-refractivity contribution in [2.45, 2.75) is 76.9 Å². The molecular weight excluding hydrogens is 385 g/mol. The van der Waals surface area contributed by atoms with Crippen LogP contribution < -0.4 is 10.6 Å². The third kappa shape index (κ3) is 4.29. The van der Waals surface area contributed by atoms with Crippen molar-refractivity contribution >= 4 is 11.9 Å². The number of amides is 1. The normalized spacial score (nSPS) is 29.6. The summed E-state index contributed by atoms with van der Waals surface area (Å²) in [6.45, 7) is 6.74. The van der Waals surface area contributed by atoms with Gasteiger partial charge in [0.1, 0.15) is 11.7 Å². The van der Waals surface area contributed by atoms with Crippen LogP contribution in [0.5, 0.6) is 0 Å². The van der Waals surface area contributed by atoms with Gasteiger partial charge in [-0.15, -0.1) is 0 Å². The van der Waals surface area contributed by atoms with Crippen LogP contribution in [0.2, 0.25) is 0 Å². The Labute approximate surface area is 170 Å². The molecule has 0 aliphatic carbocycles. The molecule has 0 saturated carbocycles. The fourth-order valence-corrected chi connectivity index (χ4v) is 3.16. The van der Waals surface area contributed by atoms with E-state index in [1.165, 1.54) is 14.0 Å². The number of unbranched alkanes of at least 4 members (excludes halogenated alkanes) is 2. The quantitative estimate of drug-likeness (QED) is 0.653. The molecule has 2 heterocycles. The van der Waals surface area contributed by atoms with Crippen LogP contribution in [0.15, 0.2) is 11.0 Å². The number of aromatic nitrogens is 2. The first-order chi connectivity index (χ1) is 13.9. The molecule has 0 bridgehead atoms. The Bertz CT molecular complexity index is 846. The van der Waals surface area contributed by atoms with Crippen LogP contribution in [-0.2, 0) is 9.47 Å². The maximum absolute atomic E-state index is 14.9. The molecule has 29 heavy (non-hydrogen) atoms. The van der Waals surface area contributed by atoms with Gasteiger partial charge in [-0.1, -0.05) is 26.7 Å². The van der Waals surface area contributed by atoms with Crippen molar-refractivity contribution in [2.75, 3.05) is 18.6 Å². The smallest absolute Gasteiger partial charge is 0.415 e. The van der Waals surface area contributed by atoms with E-state index in [9.17, 15) is 24.2 Å². The van der Waals surface area contributed by atoms with E-state index in [0.717, 1.165) is 12.8 Å². The number of hydrogen-bond acceptors (Lipinski definition) is 7. The maximum Gasteiger partial charge on any atom is 0.415 e. The average molecular weight is 416 g/mol. The number of aliphatic hydroxyl groups excluding tert-OH is 1. The molecule has 1 aromatic heterocycles. The largest absolute Gasteiger partial charge is 0.449 e. The van der Waals surface area contributed by atoms with E-state index in [2.05, 4.69) is 4.98 Å². The Kier molecular flexibility index (Phi) is 6.55. The standard InChI is InChI=1S/C19H30FN3O6/c1-6-8-9-10-28-17(26)22(5)14-12(20)11-23(16(25)21-14)15-13(24)19(4,27)18(3,7-2)29-15/h11,13,15,24,27H,6-10H2,1-5H3/t13-,15+,18+,19-/m0/s1/i11D. The van der Waals surface area contributed by atoms with E-state index >= 15 is 0 Å². The molecule has 1 fully saturated rings. The topological polar surface area (TPSA) is 114 Å². The van der Waals surface area contributed by atoms with Gasteiger partial charge in [0, 0.05) is 7.05 Å². The van der Waals surface area contributed by atoms with Crippen molar-refractivity contribution in [1.82, 2.24) is 9.55 Å². The summed E-state index contributed by atoms with van der Waals surface area (Å²) in [5.41, 5.74) is -4.11. The van der Waals surface area contributed by atoms with E-state index in [1.807, 2.05) is 6.92 Å². The SMILES string of the molecule is [2H]c1c(F)c(N(C)C(=O)OCCCCC)nc(=O)n1[C@@H]1O[C@](C)(CC)[C@@](C)(O)[C@H]1O. The van der Waals surface area contributed by atoms with Gasteiger partial charge in [-0.2, -0.15) is 4.98 Å². The second kappa shape index (κ2) is 8.76. The van der Waals surface area contributed by atoms with Crippen LogP contribution in [0, 0.1) is 5.82 Å². The Balaban J connectivity index is 2.36. The number of rotatable bonds is 7. The second-order valence-electron chi connectivity index (χ2n) is 7.58. The molecule has 164 valence electrons. The summed E-state index contributed by atoms with van der Waals surface area (Å²) < 4.78 is 34.2. The zero-order valence-corrected chi connectivity index (χ0v) is 17.4. The molecule has 10 heteroatoms. The van der Waals surface area contributed by atoms with Crippen molar-refractivity contribution in [3.8, 4) is 0 Å². The summed E-state index contributed by atoms with van der Waals surface area (Å²) in [5, 5.41) is 21.2. The summed E-state index contributed by atoms with van der Waals surface area (Å²) in [6.07, 6.45) is -2.25. The minimum absolute atomic E-state index is 0.135. The third-order valence-corrected chi connectivity index (χ3v) is 5.61. The first-order valence-electron chi connectivity index (χ1n) is 10.2. The molecule has 0 aromatic carbocycles. The Morgan fingerprint density at radius 3 is 2.69 bits per heavy atom. The van der Waals surface area contributed by atoms with Crippen LogP contribution in [0.1, 0.15) is 61.0 Å². The van der Waals surface area contributed by atoms with Crippen LogP contribution >= 0.6 is 0 Å². The van der Waals surface area contributed by atoms with E-state index in [-0.39, 0.29) is 13.0 Å². The number of halogens is 1. The summed E-state index contributed by atoms with van der Waals surface area (Å²) >= 11 is 0. The summed E-state index contributed by atoms with van der Waals surface area (Å²) in [5.74, 6) is -1.93. The predicted octanol–water partition coefficient (Wildman–Crippen LogP) is 1.95. The number of ether oxygens (including phenoxy) is 2. The van der Waals surface area contributed by atoms with Crippen LogP contribution in [-0.4, -0.2) is 56.8 Å². The van der Waals surface area contributed by atoms with E-state index in [0.29, 0.717) is 15.9 Å². The minimum Gasteiger partial charge on any atom is -0.449 e.